The molecule has 0 bridgehead atoms. The highest BCUT2D eigenvalue weighted by molar-refractivity contribution is 5.92. The van der Waals surface area contributed by atoms with Crippen molar-refractivity contribution in [2.75, 3.05) is 26.2 Å². The lowest BCUT2D eigenvalue weighted by atomic mass is 10.1. The van der Waals surface area contributed by atoms with Crippen molar-refractivity contribution in [2.24, 2.45) is 0 Å². The van der Waals surface area contributed by atoms with E-state index in [1.807, 2.05) is 12.1 Å². The maximum Gasteiger partial charge on any atom is 0.269 e. The fourth-order valence-corrected chi connectivity index (χ4v) is 2.61. The molecule has 1 aromatic rings. The van der Waals surface area contributed by atoms with Crippen molar-refractivity contribution >= 4 is 5.91 Å². The SMILES string of the molecule is O=C(NCCCCCN1CCCCC1)c1ccccn1. The van der Waals surface area contributed by atoms with Gasteiger partial charge in [-0.2, -0.15) is 0 Å². The van der Waals surface area contributed by atoms with E-state index in [2.05, 4.69) is 15.2 Å². The number of nitrogens with one attached hydrogen (secondary N) is 1. The number of carbonyl (C=O) groups is 1. The fourth-order valence-electron chi connectivity index (χ4n) is 2.61. The highest BCUT2D eigenvalue weighted by Gasteiger charge is 2.09. The molecule has 0 aromatic carbocycles. The summed E-state index contributed by atoms with van der Waals surface area (Å²) >= 11 is 0. The highest BCUT2D eigenvalue weighted by atomic mass is 16.1. The molecule has 0 unspecified atom stereocenters. The monoisotopic (exact) mass is 275 g/mol. The average Bonchev–Trinajstić information content (AvgIpc) is 2.52. The average molecular weight is 275 g/mol. The summed E-state index contributed by atoms with van der Waals surface area (Å²) in [5.41, 5.74) is 0.501. The maximum absolute atomic E-state index is 11.7. The topological polar surface area (TPSA) is 45.2 Å². The molecular weight excluding hydrogens is 250 g/mol. The summed E-state index contributed by atoms with van der Waals surface area (Å²) < 4.78 is 0. The number of aromatic nitrogens is 1. The van der Waals surface area contributed by atoms with Crippen molar-refractivity contribution in [3.63, 3.8) is 0 Å². The van der Waals surface area contributed by atoms with Crippen LogP contribution < -0.4 is 5.32 Å². The van der Waals surface area contributed by atoms with Gasteiger partial charge in [0.15, 0.2) is 0 Å². The van der Waals surface area contributed by atoms with Gasteiger partial charge in [-0.15, -0.1) is 0 Å². The van der Waals surface area contributed by atoms with Crippen LogP contribution in [0.4, 0.5) is 0 Å². The predicted molar refractivity (Wildman–Crippen MR) is 80.7 cm³/mol. The van der Waals surface area contributed by atoms with E-state index in [9.17, 15) is 4.79 Å². The third-order valence-electron chi connectivity index (χ3n) is 3.78. The summed E-state index contributed by atoms with van der Waals surface area (Å²) in [5.74, 6) is -0.0679. The molecule has 1 N–H and O–H groups in total. The normalized spacial score (nSPS) is 16.0. The van der Waals surface area contributed by atoms with Crippen LogP contribution in [-0.4, -0.2) is 42.0 Å². The smallest absolute Gasteiger partial charge is 0.269 e. The summed E-state index contributed by atoms with van der Waals surface area (Å²) in [6.07, 6.45) is 9.23. The second-order valence-corrected chi connectivity index (χ2v) is 5.43. The summed E-state index contributed by atoms with van der Waals surface area (Å²) in [5, 5.41) is 2.92. The highest BCUT2D eigenvalue weighted by Crippen LogP contribution is 2.09. The Balaban J connectivity index is 1.50. The Morgan fingerprint density at radius 3 is 2.75 bits per heavy atom. The number of nitrogens with zero attached hydrogens (tertiary/aromatic N) is 2. The largest absolute Gasteiger partial charge is 0.351 e. The number of hydrogen-bond donors (Lipinski definition) is 1. The first-order valence-electron chi connectivity index (χ1n) is 7.78. The molecule has 1 saturated heterocycles. The Kier molecular flexibility index (Phi) is 6.51. The minimum atomic E-state index is -0.0679. The van der Waals surface area contributed by atoms with E-state index in [1.54, 1.807) is 12.3 Å². The van der Waals surface area contributed by atoms with E-state index in [-0.39, 0.29) is 5.91 Å². The molecule has 4 heteroatoms. The number of likely N-dealkylation sites (tertiary alicyclic amines) is 1. The number of rotatable bonds is 7. The van der Waals surface area contributed by atoms with Gasteiger partial charge in [0.1, 0.15) is 5.69 Å². The zero-order valence-corrected chi connectivity index (χ0v) is 12.2. The van der Waals surface area contributed by atoms with Gasteiger partial charge < -0.3 is 10.2 Å². The van der Waals surface area contributed by atoms with Crippen LogP contribution in [0, 0.1) is 0 Å². The van der Waals surface area contributed by atoms with Gasteiger partial charge in [0.25, 0.3) is 5.91 Å². The van der Waals surface area contributed by atoms with Crippen LogP contribution in [0.25, 0.3) is 0 Å². The number of pyridine rings is 1. The van der Waals surface area contributed by atoms with Crippen LogP contribution in [0.3, 0.4) is 0 Å². The summed E-state index contributed by atoms with van der Waals surface area (Å²) in [6.45, 7) is 4.51. The molecule has 2 rings (SSSR count). The number of hydrogen-bond acceptors (Lipinski definition) is 3. The molecule has 1 amide bonds. The Hall–Kier alpha value is -1.42. The van der Waals surface area contributed by atoms with Crippen molar-refractivity contribution in [1.29, 1.82) is 0 Å². The molecule has 20 heavy (non-hydrogen) atoms. The summed E-state index contributed by atoms with van der Waals surface area (Å²) in [7, 11) is 0. The van der Waals surface area contributed by atoms with Crippen LogP contribution in [0.15, 0.2) is 24.4 Å². The van der Waals surface area contributed by atoms with Gasteiger partial charge in [0, 0.05) is 12.7 Å². The lowest BCUT2D eigenvalue weighted by Gasteiger charge is -2.26. The molecule has 2 heterocycles. The standard InChI is InChI=1S/C16H25N3O/c20-16(15-9-3-5-10-17-15)18-11-4-1-6-12-19-13-7-2-8-14-19/h3,5,9-10H,1-2,4,6-8,11-14H2,(H,18,20). The summed E-state index contributed by atoms with van der Waals surface area (Å²) in [4.78, 5) is 18.3. The quantitative estimate of drug-likeness (QED) is 0.778. The fraction of sp³-hybridized carbons (Fsp3) is 0.625. The van der Waals surface area contributed by atoms with Gasteiger partial charge in [-0.05, 0) is 57.5 Å². The lowest BCUT2D eigenvalue weighted by molar-refractivity contribution is 0.0948. The third kappa shape index (κ3) is 5.29. The third-order valence-corrected chi connectivity index (χ3v) is 3.78. The second kappa shape index (κ2) is 8.69. The molecule has 1 fully saturated rings. The first kappa shape index (κ1) is 15.0. The first-order valence-corrected chi connectivity index (χ1v) is 7.78. The van der Waals surface area contributed by atoms with E-state index in [0.29, 0.717) is 5.69 Å². The molecule has 0 radical (unpaired) electrons. The van der Waals surface area contributed by atoms with E-state index < -0.39 is 0 Å². The molecule has 0 aliphatic carbocycles. The van der Waals surface area contributed by atoms with Gasteiger partial charge in [-0.3, -0.25) is 9.78 Å². The zero-order valence-electron chi connectivity index (χ0n) is 12.2. The van der Waals surface area contributed by atoms with E-state index in [4.69, 9.17) is 0 Å². The molecule has 1 aliphatic rings. The number of carbonyl (C=O) groups excluding carboxylic acids is 1. The maximum atomic E-state index is 11.7. The van der Waals surface area contributed by atoms with Gasteiger partial charge >= 0.3 is 0 Å². The molecule has 1 aliphatic heterocycles. The molecular formula is C16H25N3O. The minimum Gasteiger partial charge on any atom is -0.351 e. The zero-order chi connectivity index (χ0) is 14.0. The van der Waals surface area contributed by atoms with Crippen molar-refractivity contribution in [1.82, 2.24) is 15.2 Å². The van der Waals surface area contributed by atoms with E-state index >= 15 is 0 Å². The Morgan fingerprint density at radius 1 is 1.15 bits per heavy atom. The lowest BCUT2D eigenvalue weighted by Crippen LogP contribution is -2.30. The van der Waals surface area contributed by atoms with Gasteiger partial charge in [-0.25, -0.2) is 0 Å². The molecule has 1 aromatic heterocycles. The molecule has 4 nitrogen and oxygen atoms in total. The Morgan fingerprint density at radius 2 is 2.00 bits per heavy atom. The first-order chi connectivity index (χ1) is 9.86. The Labute approximate surface area is 121 Å². The van der Waals surface area contributed by atoms with Crippen LogP contribution in [-0.2, 0) is 0 Å². The number of piperidine rings is 1. The molecule has 110 valence electrons. The molecule has 0 saturated carbocycles. The van der Waals surface area contributed by atoms with Crippen molar-refractivity contribution < 1.29 is 4.79 Å². The van der Waals surface area contributed by atoms with E-state index in [1.165, 1.54) is 51.7 Å². The van der Waals surface area contributed by atoms with Gasteiger partial charge in [0.2, 0.25) is 0 Å². The van der Waals surface area contributed by atoms with Crippen molar-refractivity contribution in [3.05, 3.63) is 30.1 Å². The summed E-state index contributed by atoms with van der Waals surface area (Å²) in [6, 6.07) is 5.39. The Bertz CT molecular complexity index is 388. The second-order valence-electron chi connectivity index (χ2n) is 5.43. The number of unbranched alkanes of at least 4 members (excludes halogenated alkanes) is 2. The molecule has 0 atom stereocenters. The van der Waals surface area contributed by atoms with E-state index in [0.717, 1.165) is 13.0 Å². The predicted octanol–water partition coefficient (Wildman–Crippen LogP) is 2.47. The van der Waals surface area contributed by atoms with Crippen molar-refractivity contribution in [3.8, 4) is 0 Å². The van der Waals surface area contributed by atoms with Crippen LogP contribution in [0.1, 0.15) is 49.0 Å². The number of amides is 1. The minimum absolute atomic E-state index is 0.0679. The van der Waals surface area contributed by atoms with Crippen LogP contribution >= 0.6 is 0 Å². The van der Waals surface area contributed by atoms with Crippen LogP contribution in [0.2, 0.25) is 0 Å². The van der Waals surface area contributed by atoms with Crippen LogP contribution in [0.5, 0.6) is 0 Å². The van der Waals surface area contributed by atoms with Gasteiger partial charge in [-0.1, -0.05) is 18.9 Å². The van der Waals surface area contributed by atoms with Gasteiger partial charge in [0.05, 0.1) is 0 Å². The molecule has 0 spiro atoms. The van der Waals surface area contributed by atoms with Crippen molar-refractivity contribution in [2.45, 2.75) is 38.5 Å².